The predicted octanol–water partition coefficient (Wildman–Crippen LogP) is 4.12. The summed E-state index contributed by atoms with van der Waals surface area (Å²) in [7, 11) is 0. The highest BCUT2D eigenvalue weighted by molar-refractivity contribution is 7.99. The number of hydrogen-bond acceptors (Lipinski definition) is 4. The minimum Gasteiger partial charge on any atom is -0.353 e. The van der Waals surface area contributed by atoms with E-state index < -0.39 is 0 Å². The second kappa shape index (κ2) is 6.26. The van der Waals surface area contributed by atoms with Gasteiger partial charge >= 0.3 is 0 Å². The zero-order valence-corrected chi connectivity index (χ0v) is 11.8. The minimum atomic E-state index is 0.692. The van der Waals surface area contributed by atoms with E-state index in [1.165, 1.54) is 0 Å². The molecule has 1 N–H and O–H groups in total. The average Bonchev–Trinajstić information content (AvgIpc) is 2.42. The molecule has 1 heterocycles. The first-order chi connectivity index (χ1) is 9.26. The Morgan fingerprint density at radius 2 is 2.16 bits per heavy atom. The molecule has 2 rings (SSSR count). The van der Waals surface area contributed by atoms with Crippen molar-refractivity contribution in [3.8, 4) is 6.07 Å². The fourth-order valence-electron chi connectivity index (χ4n) is 1.77. The number of anilines is 2. The van der Waals surface area contributed by atoms with Gasteiger partial charge in [0.2, 0.25) is 0 Å². The summed E-state index contributed by atoms with van der Waals surface area (Å²) < 4.78 is 0. The molecular weight excluding hydrogens is 254 g/mol. The summed E-state index contributed by atoms with van der Waals surface area (Å²) in [4.78, 5) is 5.12. The highest BCUT2D eigenvalue weighted by Gasteiger charge is 2.09. The molecule has 0 aliphatic rings. The lowest BCUT2D eigenvalue weighted by Crippen LogP contribution is -1.97. The number of aryl methyl sites for hydroxylation is 1. The molecule has 0 saturated carbocycles. The van der Waals surface area contributed by atoms with Crippen LogP contribution < -0.4 is 5.32 Å². The molecule has 0 fully saturated rings. The Hall–Kier alpha value is -1.99. The summed E-state index contributed by atoms with van der Waals surface area (Å²) in [6.07, 6.45) is 3.53. The first-order valence-corrected chi connectivity index (χ1v) is 7.08. The van der Waals surface area contributed by atoms with Crippen LogP contribution in [0.25, 0.3) is 0 Å². The number of hydrogen-bond donors (Lipinski definition) is 1. The normalized spacial score (nSPS) is 9.95. The molecule has 4 heteroatoms. The molecular formula is C15H15N3S. The Morgan fingerprint density at radius 1 is 1.32 bits per heavy atom. The van der Waals surface area contributed by atoms with Crippen molar-refractivity contribution < 1.29 is 0 Å². The quantitative estimate of drug-likeness (QED) is 0.848. The van der Waals surface area contributed by atoms with Gasteiger partial charge in [-0.05, 0) is 36.4 Å². The van der Waals surface area contributed by atoms with Crippen LogP contribution in [0.3, 0.4) is 0 Å². The summed E-state index contributed by atoms with van der Waals surface area (Å²) in [6.45, 7) is 4.10. The van der Waals surface area contributed by atoms with E-state index in [1.54, 1.807) is 24.2 Å². The van der Waals surface area contributed by atoms with Gasteiger partial charge in [-0.1, -0.05) is 13.0 Å². The summed E-state index contributed by atoms with van der Waals surface area (Å²) in [5.41, 5.74) is 3.56. The standard InChI is InChI=1S/C15H15N3S/c1-3-19-15-6-4-5-13(12(15)9-16)18-14-10-17-8-7-11(14)2/h4-8,10,18H,3H2,1-2H3. The van der Waals surface area contributed by atoms with Gasteiger partial charge in [-0.15, -0.1) is 11.8 Å². The first kappa shape index (κ1) is 13.4. The molecule has 0 radical (unpaired) electrons. The second-order valence-electron chi connectivity index (χ2n) is 4.04. The maximum atomic E-state index is 9.35. The molecule has 19 heavy (non-hydrogen) atoms. The van der Waals surface area contributed by atoms with Gasteiger partial charge in [0.1, 0.15) is 6.07 Å². The van der Waals surface area contributed by atoms with Crippen molar-refractivity contribution in [3.05, 3.63) is 47.8 Å². The lowest BCUT2D eigenvalue weighted by Gasteiger charge is -2.12. The summed E-state index contributed by atoms with van der Waals surface area (Å²) in [5.74, 6) is 0.948. The van der Waals surface area contributed by atoms with E-state index in [-0.39, 0.29) is 0 Å². The van der Waals surface area contributed by atoms with Gasteiger partial charge in [0.25, 0.3) is 0 Å². The van der Waals surface area contributed by atoms with Crippen molar-refractivity contribution in [2.75, 3.05) is 11.1 Å². The Balaban J connectivity index is 2.38. The fraction of sp³-hybridized carbons (Fsp3) is 0.200. The lowest BCUT2D eigenvalue weighted by atomic mass is 10.1. The number of pyridine rings is 1. The third kappa shape index (κ3) is 3.07. The number of rotatable bonds is 4. The fourth-order valence-corrected chi connectivity index (χ4v) is 2.55. The van der Waals surface area contributed by atoms with Crippen LogP contribution in [-0.4, -0.2) is 10.7 Å². The van der Waals surface area contributed by atoms with E-state index >= 15 is 0 Å². The van der Waals surface area contributed by atoms with Gasteiger partial charge in [-0.2, -0.15) is 5.26 Å². The molecule has 0 aliphatic heterocycles. The zero-order chi connectivity index (χ0) is 13.7. The second-order valence-corrected chi connectivity index (χ2v) is 5.34. The monoisotopic (exact) mass is 269 g/mol. The maximum Gasteiger partial charge on any atom is 0.103 e. The maximum absolute atomic E-state index is 9.35. The minimum absolute atomic E-state index is 0.692. The third-order valence-corrected chi connectivity index (χ3v) is 3.69. The van der Waals surface area contributed by atoms with Crippen LogP contribution in [0.15, 0.2) is 41.6 Å². The van der Waals surface area contributed by atoms with Crippen LogP contribution in [0.2, 0.25) is 0 Å². The van der Waals surface area contributed by atoms with E-state index in [9.17, 15) is 5.26 Å². The SMILES string of the molecule is CCSc1cccc(Nc2cnccc2C)c1C#N. The Bertz CT molecular complexity index is 617. The largest absolute Gasteiger partial charge is 0.353 e. The van der Waals surface area contributed by atoms with Gasteiger partial charge in [0, 0.05) is 11.1 Å². The van der Waals surface area contributed by atoms with Crippen molar-refractivity contribution in [1.82, 2.24) is 4.98 Å². The van der Waals surface area contributed by atoms with Gasteiger partial charge in [0.05, 0.1) is 23.1 Å². The van der Waals surface area contributed by atoms with Crippen LogP contribution in [0.1, 0.15) is 18.1 Å². The molecule has 3 nitrogen and oxygen atoms in total. The van der Waals surface area contributed by atoms with Crippen molar-refractivity contribution in [1.29, 1.82) is 5.26 Å². The Labute approximate surface area is 117 Å². The van der Waals surface area contributed by atoms with Crippen LogP contribution >= 0.6 is 11.8 Å². The molecule has 0 atom stereocenters. The van der Waals surface area contributed by atoms with Crippen LogP contribution in [0.5, 0.6) is 0 Å². The average molecular weight is 269 g/mol. The van der Waals surface area contributed by atoms with Crippen molar-refractivity contribution in [3.63, 3.8) is 0 Å². The van der Waals surface area contributed by atoms with Crippen molar-refractivity contribution >= 4 is 23.1 Å². The predicted molar refractivity (Wildman–Crippen MR) is 79.8 cm³/mol. The lowest BCUT2D eigenvalue weighted by molar-refractivity contribution is 1.27. The van der Waals surface area contributed by atoms with E-state index in [4.69, 9.17) is 0 Å². The Morgan fingerprint density at radius 3 is 2.84 bits per heavy atom. The van der Waals surface area contributed by atoms with Crippen LogP contribution in [-0.2, 0) is 0 Å². The third-order valence-electron chi connectivity index (χ3n) is 2.75. The number of nitriles is 1. The number of aromatic nitrogens is 1. The molecule has 0 spiro atoms. The Kier molecular flexibility index (Phi) is 4.43. The van der Waals surface area contributed by atoms with Crippen LogP contribution in [0.4, 0.5) is 11.4 Å². The number of thioether (sulfide) groups is 1. The number of nitrogens with one attached hydrogen (secondary N) is 1. The zero-order valence-electron chi connectivity index (χ0n) is 11.0. The van der Waals surface area contributed by atoms with E-state index in [0.29, 0.717) is 5.56 Å². The van der Waals surface area contributed by atoms with E-state index in [2.05, 4.69) is 23.3 Å². The molecule has 1 aromatic carbocycles. The van der Waals surface area contributed by atoms with Crippen molar-refractivity contribution in [2.24, 2.45) is 0 Å². The van der Waals surface area contributed by atoms with Gasteiger partial charge < -0.3 is 5.32 Å². The molecule has 0 amide bonds. The highest BCUT2D eigenvalue weighted by atomic mass is 32.2. The smallest absolute Gasteiger partial charge is 0.103 e. The van der Waals surface area contributed by atoms with Crippen LogP contribution in [0, 0.1) is 18.3 Å². The number of nitrogens with zero attached hydrogens (tertiary/aromatic N) is 2. The van der Waals surface area contributed by atoms with Gasteiger partial charge in [-0.3, -0.25) is 4.98 Å². The van der Waals surface area contributed by atoms with Gasteiger partial charge in [-0.25, -0.2) is 0 Å². The molecule has 0 saturated heterocycles. The molecule has 2 aromatic rings. The number of benzene rings is 1. The summed E-state index contributed by atoms with van der Waals surface area (Å²) >= 11 is 1.68. The molecule has 1 aromatic heterocycles. The summed E-state index contributed by atoms with van der Waals surface area (Å²) in [6, 6.07) is 10.1. The summed E-state index contributed by atoms with van der Waals surface area (Å²) in [5, 5.41) is 12.6. The first-order valence-electron chi connectivity index (χ1n) is 6.09. The molecule has 96 valence electrons. The highest BCUT2D eigenvalue weighted by Crippen LogP contribution is 2.30. The molecule has 0 unspecified atom stereocenters. The molecule has 0 aliphatic carbocycles. The van der Waals surface area contributed by atoms with Gasteiger partial charge in [0.15, 0.2) is 0 Å². The molecule has 0 bridgehead atoms. The van der Waals surface area contributed by atoms with E-state index in [1.807, 2.05) is 31.2 Å². The van der Waals surface area contributed by atoms with E-state index in [0.717, 1.165) is 27.6 Å². The topological polar surface area (TPSA) is 48.7 Å². The van der Waals surface area contributed by atoms with Crippen molar-refractivity contribution in [2.45, 2.75) is 18.7 Å².